The second-order valence-electron chi connectivity index (χ2n) is 6.57. The van der Waals surface area contributed by atoms with Crippen molar-refractivity contribution in [2.45, 2.75) is 19.4 Å². The summed E-state index contributed by atoms with van der Waals surface area (Å²) in [7, 11) is 3.97. The van der Waals surface area contributed by atoms with E-state index in [1.54, 1.807) is 4.90 Å². The molecule has 0 unspecified atom stereocenters. The van der Waals surface area contributed by atoms with Gasteiger partial charge in [-0.2, -0.15) is 0 Å². The zero-order chi connectivity index (χ0) is 18.5. The number of hydrogen-bond acceptors (Lipinski definition) is 3. The van der Waals surface area contributed by atoms with Crippen LogP contribution in [-0.2, 0) is 11.3 Å². The first-order valence-electron chi connectivity index (χ1n) is 8.74. The van der Waals surface area contributed by atoms with Crippen molar-refractivity contribution in [3.63, 3.8) is 0 Å². The average molecular weight is 352 g/mol. The van der Waals surface area contributed by atoms with Gasteiger partial charge >= 0.3 is 6.03 Å². The van der Waals surface area contributed by atoms with Gasteiger partial charge in [0.25, 0.3) is 0 Å². The van der Waals surface area contributed by atoms with E-state index in [0.29, 0.717) is 18.7 Å². The van der Waals surface area contributed by atoms with Crippen molar-refractivity contribution >= 4 is 29.0 Å². The summed E-state index contributed by atoms with van der Waals surface area (Å²) < 4.78 is 0. The highest BCUT2D eigenvalue weighted by Gasteiger charge is 2.21. The highest BCUT2D eigenvalue weighted by molar-refractivity contribution is 5.96. The smallest absolute Gasteiger partial charge is 0.319 e. The van der Waals surface area contributed by atoms with E-state index in [1.807, 2.05) is 67.5 Å². The van der Waals surface area contributed by atoms with Crippen molar-refractivity contribution in [1.82, 2.24) is 5.32 Å². The van der Waals surface area contributed by atoms with E-state index in [1.165, 1.54) is 0 Å². The molecule has 1 saturated heterocycles. The van der Waals surface area contributed by atoms with Gasteiger partial charge in [0.2, 0.25) is 5.91 Å². The highest BCUT2D eigenvalue weighted by atomic mass is 16.2. The number of benzene rings is 2. The summed E-state index contributed by atoms with van der Waals surface area (Å²) in [6, 6.07) is 15.1. The van der Waals surface area contributed by atoms with E-state index in [9.17, 15) is 9.59 Å². The molecule has 0 atom stereocenters. The predicted octanol–water partition coefficient (Wildman–Crippen LogP) is 3.20. The number of carbonyl (C=O) groups is 2. The molecule has 6 heteroatoms. The zero-order valence-electron chi connectivity index (χ0n) is 15.2. The summed E-state index contributed by atoms with van der Waals surface area (Å²) in [5.41, 5.74) is 3.70. The molecule has 136 valence electrons. The molecule has 1 aliphatic rings. The summed E-state index contributed by atoms with van der Waals surface area (Å²) in [4.78, 5) is 27.7. The largest absolute Gasteiger partial charge is 0.378 e. The minimum absolute atomic E-state index is 0.156. The molecule has 2 aromatic carbocycles. The number of urea groups is 1. The van der Waals surface area contributed by atoms with Gasteiger partial charge in [-0.05, 0) is 48.4 Å². The molecule has 0 aliphatic carbocycles. The molecular formula is C20H24N4O2. The Morgan fingerprint density at radius 1 is 1.15 bits per heavy atom. The summed E-state index contributed by atoms with van der Waals surface area (Å²) in [5, 5.41) is 5.67. The lowest BCUT2D eigenvalue weighted by atomic mass is 10.2. The Morgan fingerprint density at radius 3 is 2.58 bits per heavy atom. The molecule has 2 aromatic rings. The van der Waals surface area contributed by atoms with Crippen LogP contribution < -0.4 is 20.4 Å². The fraction of sp³-hybridized carbons (Fsp3) is 0.300. The van der Waals surface area contributed by atoms with E-state index < -0.39 is 0 Å². The minimum Gasteiger partial charge on any atom is -0.378 e. The van der Waals surface area contributed by atoms with Gasteiger partial charge in [-0.15, -0.1) is 0 Å². The van der Waals surface area contributed by atoms with Crippen LogP contribution in [0.3, 0.4) is 0 Å². The number of rotatable bonds is 5. The monoisotopic (exact) mass is 352 g/mol. The number of hydrogen-bond donors (Lipinski definition) is 2. The van der Waals surface area contributed by atoms with Gasteiger partial charge in [-0.25, -0.2) is 4.79 Å². The summed E-state index contributed by atoms with van der Waals surface area (Å²) in [5.74, 6) is 0.156. The fourth-order valence-electron chi connectivity index (χ4n) is 2.95. The molecule has 0 aromatic heterocycles. The Bertz CT molecular complexity index is 787. The highest BCUT2D eigenvalue weighted by Crippen LogP contribution is 2.23. The van der Waals surface area contributed by atoms with Crippen LogP contribution in [0.5, 0.6) is 0 Å². The van der Waals surface area contributed by atoms with E-state index in [4.69, 9.17) is 0 Å². The molecule has 1 fully saturated rings. The summed E-state index contributed by atoms with van der Waals surface area (Å²) in [6.07, 6.45) is 1.51. The average Bonchev–Trinajstić information content (AvgIpc) is 3.07. The molecule has 0 radical (unpaired) electrons. The van der Waals surface area contributed by atoms with Gasteiger partial charge < -0.3 is 20.4 Å². The lowest BCUT2D eigenvalue weighted by Gasteiger charge is -2.16. The van der Waals surface area contributed by atoms with Gasteiger partial charge in [0.1, 0.15) is 0 Å². The van der Waals surface area contributed by atoms with Crippen molar-refractivity contribution in [3.05, 3.63) is 54.1 Å². The Morgan fingerprint density at radius 2 is 1.92 bits per heavy atom. The molecule has 3 rings (SSSR count). The predicted molar refractivity (Wildman–Crippen MR) is 105 cm³/mol. The molecule has 1 heterocycles. The van der Waals surface area contributed by atoms with Crippen LogP contribution in [0.1, 0.15) is 18.4 Å². The zero-order valence-corrected chi connectivity index (χ0v) is 15.2. The maximum atomic E-state index is 12.1. The first kappa shape index (κ1) is 17.8. The lowest BCUT2D eigenvalue weighted by molar-refractivity contribution is -0.117. The molecule has 2 N–H and O–H groups in total. The molecule has 1 aliphatic heterocycles. The van der Waals surface area contributed by atoms with Crippen LogP contribution in [0.25, 0.3) is 0 Å². The van der Waals surface area contributed by atoms with Crippen LogP contribution in [0.2, 0.25) is 0 Å². The Hall–Kier alpha value is -3.02. The molecular weight excluding hydrogens is 328 g/mol. The SMILES string of the molecule is CN(C)c1cccc(CNC(=O)Nc2ccc(N3CCCC3=O)cc2)c1. The van der Waals surface area contributed by atoms with Crippen molar-refractivity contribution in [2.75, 3.05) is 35.8 Å². The fourth-order valence-corrected chi connectivity index (χ4v) is 2.95. The van der Waals surface area contributed by atoms with Crippen LogP contribution in [-0.4, -0.2) is 32.6 Å². The number of carbonyl (C=O) groups excluding carboxylic acids is 2. The van der Waals surface area contributed by atoms with Crippen molar-refractivity contribution in [3.8, 4) is 0 Å². The second-order valence-corrected chi connectivity index (χ2v) is 6.57. The first-order chi connectivity index (χ1) is 12.5. The van der Waals surface area contributed by atoms with E-state index in [-0.39, 0.29) is 11.9 Å². The summed E-state index contributed by atoms with van der Waals surface area (Å²) in [6.45, 7) is 1.21. The van der Waals surface area contributed by atoms with Crippen molar-refractivity contribution < 1.29 is 9.59 Å². The maximum Gasteiger partial charge on any atom is 0.319 e. The third-order valence-electron chi connectivity index (χ3n) is 4.39. The number of amides is 3. The first-order valence-corrected chi connectivity index (χ1v) is 8.74. The third kappa shape index (κ3) is 4.33. The van der Waals surface area contributed by atoms with E-state index in [2.05, 4.69) is 10.6 Å². The van der Waals surface area contributed by atoms with Gasteiger partial charge in [-0.1, -0.05) is 12.1 Å². The molecule has 26 heavy (non-hydrogen) atoms. The number of nitrogens with one attached hydrogen (secondary N) is 2. The standard InChI is InChI=1S/C20H24N4O2/c1-23(2)18-6-3-5-15(13-18)14-21-20(26)22-16-8-10-17(11-9-16)24-12-4-7-19(24)25/h3,5-6,8-11,13H,4,7,12,14H2,1-2H3,(H2,21,22,26). The molecule has 0 saturated carbocycles. The normalized spacial score (nSPS) is 13.6. The van der Waals surface area contributed by atoms with Gasteiger partial charge in [-0.3, -0.25) is 4.79 Å². The van der Waals surface area contributed by atoms with E-state index in [0.717, 1.165) is 29.9 Å². The lowest BCUT2D eigenvalue weighted by Crippen LogP contribution is -2.28. The molecule has 6 nitrogen and oxygen atoms in total. The van der Waals surface area contributed by atoms with Gasteiger partial charge in [0.05, 0.1) is 0 Å². The maximum absolute atomic E-state index is 12.1. The van der Waals surface area contributed by atoms with Crippen LogP contribution >= 0.6 is 0 Å². The Balaban J connectivity index is 1.53. The quantitative estimate of drug-likeness (QED) is 0.868. The number of anilines is 3. The van der Waals surface area contributed by atoms with Gasteiger partial charge in [0.15, 0.2) is 0 Å². The summed E-state index contributed by atoms with van der Waals surface area (Å²) >= 11 is 0. The van der Waals surface area contributed by atoms with Crippen LogP contribution in [0.4, 0.5) is 21.9 Å². The van der Waals surface area contributed by atoms with Crippen molar-refractivity contribution in [2.24, 2.45) is 0 Å². The second kappa shape index (κ2) is 7.91. The number of nitrogens with zero attached hydrogens (tertiary/aromatic N) is 2. The molecule has 0 bridgehead atoms. The molecule has 3 amide bonds. The Kier molecular flexibility index (Phi) is 5.41. The van der Waals surface area contributed by atoms with Crippen LogP contribution in [0.15, 0.2) is 48.5 Å². The third-order valence-corrected chi connectivity index (χ3v) is 4.39. The van der Waals surface area contributed by atoms with E-state index >= 15 is 0 Å². The van der Waals surface area contributed by atoms with Crippen molar-refractivity contribution in [1.29, 1.82) is 0 Å². The van der Waals surface area contributed by atoms with Crippen LogP contribution in [0, 0.1) is 0 Å². The minimum atomic E-state index is -0.259. The topological polar surface area (TPSA) is 64.7 Å². The van der Waals surface area contributed by atoms with Gasteiger partial charge in [0, 0.05) is 50.7 Å². The Labute approximate surface area is 153 Å². The molecule has 0 spiro atoms.